The highest BCUT2D eigenvalue weighted by Crippen LogP contribution is 2.53. The van der Waals surface area contributed by atoms with Crippen LogP contribution in [-0.4, -0.2) is 28.7 Å². The molecule has 6 nitrogen and oxygen atoms in total. The molecule has 102 heavy (non-hydrogen) atoms. The van der Waals surface area contributed by atoms with Crippen molar-refractivity contribution in [2.24, 2.45) is 0 Å². The zero-order valence-corrected chi connectivity index (χ0v) is 57.6. The fourth-order valence-electron chi connectivity index (χ4n) is 18.1. The molecule has 3 aliphatic rings. The molecule has 6 heteroatoms. The Labute approximate surface area is 591 Å². The predicted molar refractivity (Wildman–Crippen MR) is 423 cm³/mol. The van der Waals surface area contributed by atoms with Gasteiger partial charge in [-0.15, -0.1) is 0 Å². The minimum absolute atomic E-state index is 0.0722. The average molecular weight is 1310 g/mol. The highest BCUT2D eigenvalue weighted by Gasteiger charge is 2.38. The lowest BCUT2D eigenvalue weighted by Crippen LogP contribution is -2.14. The monoisotopic (exact) mass is 1300 g/mol. The zero-order valence-electron chi connectivity index (χ0n) is 57.6. The molecule has 3 aliphatic carbocycles. The molecule has 21 rings (SSSR count). The van der Waals surface area contributed by atoms with Crippen molar-refractivity contribution in [1.29, 1.82) is 0 Å². The molecular weight excluding hydrogens is 1240 g/mol. The third-order valence-electron chi connectivity index (χ3n) is 23.4. The first-order valence-corrected chi connectivity index (χ1v) is 35.6. The van der Waals surface area contributed by atoms with Gasteiger partial charge in [-0.3, -0.25) is 9.13 Å². The molecule has 0 atom stereocenters. The second-order valence-electron chi connectivity index (χ2n) is 29.9. The van der Waals surface area contributed by atoms with Gasteiger partial charge in [-0.2, -0.15) is 15.0 Å². The molecule has 482 valence electrons. The van der Waals surface area contributed by atoms with Crippen LogP contribution in [0.15, 0.2) is 303 Å². The maximum atomic E-state index is 5.63. The molecule has 0 unspecified atom stereocenters. The number of rotatable bonds is 8. The van der Waals surface area contributed by atoms with E-state index < -0.39 is 0 Å². The Morgan fingerprint density at radius 1 is 0.206 bits per heavy atom. The van der Waals surface area contributed by atoms with E-state index in [0.717, 1.165) is 77.1 Å². The van der Waals surface area contributed by atoms with Crippen molar-refractivity contribution in [3.63, 3.8) is 0 Å². The van der Waals surface area contributed by atoms with Crippen LogP contribution >= 0.6 is 0 Å². The summed E-state index contributed by atoms with van der Waals surface area (Å²) in [6.07, 6.45) is 0. The summed E-state index contributed by atoms with van der Waals surface area (Å²) >= 11 is 0. The van der Waals surface area contributed by atoms with E-state index in [4.69, 9.17) is 15.0 Å². The molecule has 0 spiro atoms. The van der Waals surface area contributed by atoms with Crippen LogP contribution < -0.4 is 0 Å². The van der Waals surface area contributed by atoms with Gasteiger partial charge < -0.3 is 4.57 Å². The number of hydrogen-bond donors (Lipinski definition) is 0. The highest BCUT2D eigenvalue weighted by atomic mass is 15.3. The van der Waals surface area contributed by atoms with Crippen LogP contribution in [0.4, 0.5) is 0 Å². The summed E-state index contributed by atoms with van der Waals surface area (Å²) in [5.74, 6) is 1.65. The topological polar surface area (TPSA) is 53.5 Å². The Morgan fingerprint density at radius 2 is 0.480 bits per heavy atom. The number of para-hydroxylation sites is 3. The molecule has 0 N–H and O–H groups in total. The molecule has 0 aliphatic heterocycles. The van der Waals surface area contributed by atoms with Crippen LogP contribution in [0.25, 0.3) is 172 Å². The first kappa shape index (κ1) is 58.5. The van der Waals surface area contributed by atoms with Gasteiger partial charge in [0, 0.05) is 59.8 Å². The molecule has 0 fully saturated rings. The fraction of sp³-hybridized carbons (Fsp3) is 0.0938. The van der Waals surface area contributed by atoms with Crippen molar-refractivity contribution in [1.82, 2.24) is 28.7 Å². The average Bonchev–Trinajstić information content (AvgIpc) is 1.58. The molecule has 4 heterocycles. The summed E-state index contributed by atoms with van der Waals surface area (Å²) in [6.45, 7) is 14.1. The van der Waals surface area contributed by atoms with Gasteiger partial charge >= 0.3 is 0 Å². The molecule has 4 aromatic heterocycles. The Morgan fingerprint density at radius 3 is 0.873 bits per heavy atom. The van der Waals surface area contributed by atoms with Crippen LogP contribution in [0.5, 0.6) is 0 Å². The second-order valence-corrected chi connectivity index (χ2v) is 29.9. The minimum Gasteiger partial charge on any atom is -0.309 e. The van der Waals surface area contributed by atoms with Gasteiger partial charge in [0.25, 0.3) is 0 Å². The lowest BCUT2D eigenvalue weighted by molar-refractivity contribution is 0.660. The third kappa shape index (κ3) is 8.38. The highest BCUT2D eigenvalue weighted by molar-refractivity contribution is 6.13. The van der Waals surface area contributed by atoms with Gasteiger partial charge in [-0.25, -0.2) is 0 Å². The van der Waals surface area contributed by atoms with Gasteiger partial charge in [0.15, 0.2) is 5.82 Å². The molecule has 0 radical (unpaired) electrons. The largest absolute Gasteiger partial charge is 0.309 e. The Balaban J connectivity index is 0.673. The van der Waals surface area contributed by atoms with Crippen molar-refractivity contribution in [3.05, 3.63) is 337 Å². The van der Waals surface area contributed by atoms with E-state index in [1.165, 1.54) is 111 Å². The van der Waals surface area contributed by atoms with Crippen LogP contribution in [0.3, 0.4) is 0 Å². The quantitative estimate of drug-likeness (QED) is 0.152. The lowest BCUT2D eigenvalue weighted by atomic mass is 9.81. The van der Waals surface area contributed by atoms with Crippen LogP contribution in [0.2, 0.25) is 0 Å². The summed E-state index contributed by atoms with van der Waals surface area (Å²) in [4.78, 5) is 16.7. The molecule has 0 saturated carbocycles. The Kier molecular flexibility index (Phi) is 12.2. The number of nitrogens with zero attached hydrogens (tertiary/aromatic N) is 6. The lowest BCUT2D eigenvalue weighted by Gasteiger charge is -2.22. The van der Waals surface area contributed by atoms with Crippen molar-refractivity contribution in [3.8, 4) is 107 Å². The SMILES string of the molecule is CC1(C)c2ccccc2-c2ccc(-c3ccc4c(c3)c3ccccc3n4-c3ccc(-c4ccc(-c5nc(-n6c7ccccc7c7cc(-c8ccc9c(c8)C(C)(C)c8ccccc8-9)ccc76)nc(-n6c7ccccc7c7cc(-c8ccc9c(c8)C(C)(C)c8ccccc8-9)ccc76)n5)cc4)cc3)cc21. The van der Waals surface area contributed by atoms with Crippen LogP contribution in [-0.2, 0) is 16.2 Å². The van der Waals surface area contributed by atoms with Crippen molar-refractivity contribution in [2.45, 2.75) is 57.8 Å². The number of benzene rings is 14. The predicted octanol–water partition coefficient (Wildman–Crippen LogP) is 24.4. The van der Waals surface area contributed by atoms with E-state index in [1.54, 1.807) is 0 Å². The summed E-state index contributed by atoms with van der Waals surface area (Å²) in [5, 5.41) is 6.97. The van der Waals surface area contributed by atoms with Gasteiger partial charge in [0.1, 0.15) is 0 Å². The van der Waals surface area contributed by atoms with E-state index in [9.17, 15) is 0 Å². The van der Waals surface area contributed by atoms with E-state index >= 15 is 0 Å². The van der Waals surface area contributed by atoms with Crippen LogP contribution in [0, 0.1) is 0 Å². The molecule has 18 aromatic rings. The Bertz CT molecular complexity index is 6400. The first-order chi connectivity index (χ1) is 49.8. The smallest absolute Gasteiger partial charge is 0.240 e. The second kappa shape index (κ2) is 21.3. The van der Waals surface area contributed by atoms with E-state index in [0.29, 0.717) is 17.7 Å². The van der Waals surface area contributed by atoms with E-state index in [2.05, 4.69) is 359 Å². The number of fused-ring (bicyclic) bond motifs is 18. The summed E-state index contributed by atoms with van der Waals surface area (Å²) in [6, 6.07) is 112. The normalized spacial score (nSPS) is 14.2. The zero-order chi connectivity index (χ0) is 68.1. The molecule has 14 aromatic carbocycles. The van der Waals surface area contributed by atoms with Gasteiger partial charge in [-0.1, -0.05) is 260 Å². The Hall–Kier alpha value is -12.5. The van der Waals surface area contributed by atoms with Crippen molar-refractivity contribution < 1.29 is 0 Å². The molecule has 0 bridgehead atoms. The van der Waals surface area contributed by atoms with Gasteiger partial charge in [-0.05, 0) is 196 Å². The van der Waals surface area contributed by atoms with Crippen molar-refractivity contribution in [2.75, 3.05) is 0 Å². The van der Waals surface area contributed by atoms with Gasteiger partial charge in [0.05, 0.1) is 33.1 Å². The third-order valence-corrected chi connectivity index (χ3v) is 23.4. The maximum Gasteiger partial charge on any atom is 0.240 e. The maximum absolute atomic E-state index is 5.63. The number of hydrogen-bond acceptors (Lipinski definition) is 3. The molecular formula is C96H68N6. The first-order valence-electron chi connectivity index (χ1n) is 35.6. The van der Waals surface area contributed by atoms with Crippen LogP contribution in [0.1, 0.15) is 74.9 Å². The van der Waals surface area contributed by atoms with E-state index in [-0.39, 0.29) is 16.2 Å². The minimum atomic E-state index is -0.118. The standard InChI is InChI=1S/C96H68N6/c1-94(2)79-25-13-7-19-67(79)70-45-37-63(54-82(70)94)60-40-48-88-76(51-60)73-22-10-16-28-85(73)100(88)66-43-35-58(36-44-66)57-31-33-59(34-32-57)91-97-92(101-86-29-17-11-23-74(86)77-52-61(41-49-89(77)101)64-38-46-71-68-20-8-14-26-80(68)95(3,4)83(71)55-64)99-93(98-91)102-87-30-18-12-24-75(87)78-53-62(42-50-90(78)102)65-39-47-72-69-21-9-15-27-81(69)96(5,6)84(72)56-65/h7-56H,1-6H3. The molecule has 0 saturated heterocycles. The molecule has 0 amide bonds. The summed E-state index contributed by atoms with van der Waals surface area (Å²) in [5.41, 5.74) is 33.6. The van der Waals surface area contributed by atoms with Crippen molar-refractivity contribution >= 4 is 65.4 Å². The fourth-order valence-corrected chi connectivity index (χ4v) is 18.1. The van der Waals surface area contributed by atoms with Gasteiger partial charge in [0.2, 0.25) is 11.9 Å². The summed E-state index contributed by atoms with van der Waals surface area (Å²) < 4.78 is 6.89. The summed E-state index contributed by atoms with van der Waals surface area (Å²) in [7, 11) is 0. The number of aromatic nitrogens is 6. The van der Waals surface area contributed by atoms with E-state index in [1.807, 2.05) is 0 Å².